The highest BCUT2D eigenvalue weighted by molar-refractivity contribution is 6.33. The lowest BCUT2D eigenvalue weighted by Gasteiger charge is -2.51. The van der Waals surface area contributed by atoms with Gasteiger partial charge in [-0.05, 0) is 142 Å². The number of nitrogens with one attached hydrogen (secondary N) is 5. The molecule has 8 atom stereocenters. The standard InChI is InChI=1S/C59H77N9O5/c1-6-63-47-31-41-16-11-15-40-14-7-8-23-55(3,33-39-19-20-48(60)66-35-39)34-42-17-12-18-45-50(42)52(70)59(53(71)72-36-43(47)30-46(40)41)58(73-59,51(45)69)27-21-38(2)56(24-9-10-25-56)57(26-13-28-65-54(62-5)68-57)44-22-29-64-49(32-44)67-37-61-4/h11-12,16-22,29,31-32,35,40,43,46-47,61,63H,6-10,13-15,23-28,30,33-34,36-37H2,1-5H3,(H2,60,66)(H,64,67)(H2,62,65,68). The molecular weight excluding hydrogens is 915 g/mol. The highest BCUT2D eigenvalue weighted by Gasteiger charge is 2.85. The number of epoxide rings is 1. The molecule has 73 heavy (non-hydrogen) atoms. The summed E-state index contributed by atoms with van der Waals surface area (Å²) in [6.45, 7) is 8.73. The molecule has 1 spiro atoms. The Kier molecular flexibility index (Phi) is 14.3. The number of likely N-dealkylation sites (N-methyl/N-ethyl adjacent to an activating group) is 1. The molecule has 1 saturated carbocycles. The van der Waals surface area contributed by atoms with Gasteiger partial charge in [-0.25, -0.2) is 14.8 Å². The fraction of sp³-hybridized carbons (Fsp3) is 0.559. The number of nitrogens with zero attached hydrogens (tertiary/aromatic N) is 3. The maximum Gasteiger partial charge on any atom is 0.350 e. The quantitative estimate of drug-likeness (QED) is 0.0334. The molecular formula is C59H77N9O5. The smallest absolute Gasteiger partial charge is 0.350 e. The van der Waals surface area contributed by atoms with Crippen LogP contribution in [0, 0.1) is 28.6 Å². The number of rotatable bonds is 12. The first-order valence-electron chi connectivity index (χ1n) is 27.3. The van der Waals surface area contributed by atoms with Crippen LogP contribution in [0.5, 0.6) is 0 Å². The molecule has 4 aliphatic carbocycles. The van der Waals surface area contributed by atoms with E-state index in [-0.39, 0.29) is 41.7 Å². The van der Waals surface area contributed by atoms with E-state index in [1.165, 1.54) is 5.57 Å². The number of hydrogen-bond acceptors (Lipinski definition) is 12. The predicted molar refractivity (Wildman–Crippen MR) is 286 cm³/mol. The zero-order valence-corrected chi connectivity index (χ0v) is 43.7. The summed E-state index contributed by atoms with van der Waals surface area (Å²) in [5.74, 6) is 1.15. The minimum atomic E-state index is -2.14. The number of ether oxygens (including phenoxy) is 2. The number of pyridine rings is 2. The Labute approximate surface area is 431 Å². The number of guanidine groups is 1. The average Bonchev–Trinajstić information content (AvgIpc) is 3.95. The topological polar surface area (TPSA) is 197 Å². The number of esters is 1. The molecule has 3 aromatic rings. The van der Waals surface area contributed by atoms with Crippen molar-refractivity contribution in [2.24, 2.45) is 33.6 Å². The summed E-state index contributed by atoms with van der Waals surface area (Å²) in [5.41, 5.74) is 6.68. The number of hydrogen-bond donors (Lipinski definition) is 6. The van der Waals surface area contributed by atoms with Crippen LogP contribution < -0.4 is 32.3 Å². The van der Waals surface area contributed by atoms with Crippen LogP contribution in [0.1, 0.15) is 142 Å². The zero-order chi connectivity index (χ0) is 51.0. The van der Waals surface area contributed by atoms with Crippen LogP contribution >= 0.6 is 0 Å². The van der Waals surface area contributed by atoms with Crippen molar-refractivity contribution in [1.29, 1.82) is 0 Å². The number of fused-ring (bicyclic) bond motifs is 1. The Bertz CT molecular complexity index is 2710. The summed E-state index contributed by atoms with van der Waals surface area (Å²) in [6, 6.07) is 13.7. The monoisotopic (exact) mass is 992 g/mol. The Balaban J connectivity index is 1.07. The summed E-state index contributed by atoms with van der Waals surface area (Å²) >= 11 is 0. The summed E-state index contributed by atoms with van der Waals surface area (Å²) < 4.78 is 13.2. The van der Waals surface area contributed by atoms with Crippen molar-refractivity contribution >= 4 is 35.1 Å². The second-order valence-corrected chi connectivity index (χ2v) is 22.6. The Morgan fingerprint density at radius 1 is 1.00 bits per heavy atom. The van der Waals surface area contributed by atoms with Crippen molar-refractivity contribution in [1.82, 2.24) is 31.2 Å². The highest BCUT2D eigenvalue weighted by atomic mass is 16.7. The van der Waals surface area contributed by atoms with Crippen LogP contribution in [-0.2, 0) is 32.6 Å². The molecule has 3 fully saturated rings. The van der Waals surface area contributed by atoms with Crippen molar-refractivity contribution in [3.05, 3.63) is 118 Å². The SMILES string of the molecule is CCNC1C=C2C=CCC3CCCCC(C)(Cc4ccc(N)nc4)Cc4cccc5c4C(=O)C4(OC4(CC=C(C)C4(C6(c7ccnc(NCNC)c7)CCCNC(=NC)N6)CCCC4)C5=O)C(=O)OCC1CC23. The third kappa shape index (κ3) is 9.02. The molecule has 14 nitrogen and oxygen atoms in total. The Hall–Kier alpha value is -5.70. The summed E-state index contributed by atoms with van der Waals surface area (Å²) in [6.07, 6.45) is 25.5. The van der Waals surface area contributed by atoms with Crippen molar-refractivity contribution < 1.29 is 23.9 Å². The fourth-order valence-electron chi connectivity index (χ4n) is 14.5. The van der Waals surface area contributed by atoms with Gasteiger partial charge in [-0.15, -0.1) is 0 Å². The first-order valence-corrected chi connectivity index (χ1v) is 27.3. The molecule has 8 unspecified atom stereocenters. The molecule has 10 rings (SSSR count). The summed E-state index contributed by atoms with van der Waals surface area (Å²) in [4.78, 5) is 60.8. The van der Waals surface area contributed by atoms with Gasteiger partial charge in [-0.1, -0.05) is 93.7 Å². The van der Waals surface area contributed by atoms with E-state index in [1.807, 2.05) is 43.7 Å². The van der Waals surface area contributed by atoms with E-state index in [0.29, 0.717) is 42.7 Å². The number of carbonyl (C=O) groups excluding carboxylic acids is 3. The van der Waals surface area contributed by atoms with Crippen LogP contribution in [0.2, 0.25) is 0 Å². The van der Waals surface area contributed by atoms with Crippen LogP contribution in [0.15, 0.2) is 95.3 Å². The zero-order valence-electron chi connectivity index (χ0n) is 43.7. The summed E-state index contributed by atoms with van der Waals surface area (Å²) in [7, 11) is 3.70. The molecule has 1 aromatic carbocycles. The molecule has 14 heteroatoms. The van der Waals surface area contributed by atoms with Gasteiger partial charge in [0, 0.05) is 60.9 Å². The molecule has 5 heterocycles. The maximum atomic E-state index is 15.9. The Morgan fingerprint density at radius 3 is 2.62 bits per heavy atom. The van der Waals surface area contributed by atoms with Gasteiger partial charge in [0.25, 0.3) is 5.60 Å². The van der Waals surface area contributed by atoms with Crippen molar-refractivity contribution in [3.63, 3.8) is 0 Å². The van der Waals surface area contributed by atoms with E-state index >= 15 is 14.4 Å². The van der Waals surface area contributed by atoms with Gasteiger partial charge in [0.1, 0.15) is 11.6 Å². The number of allylic oxidation sites excluding steroid dienone is 3. The maximum absolute atomic E-state index is 15.9. The molecule has 2 saturated heterocycles. The average molecular weight is 992 g/mol. The molecule has 7 aliphatic rings. The third-order valence-electron chi connectivity index (χ3n) is 18.2. The number of ketones is 2. The van der Waals surface area contributed by atoms with Crippen molar-refractivity contribution in [3.8, 4) is 0 Å². The van der Waals surface area contributed by atoms with Crippen LogP contribution in [0.4, 0.5) is 11.6 Å². The van der Waals surface area contributed by atoms with E-state index in [0.717, 1.165) is 124 Å². The Morgan fingerprint density at radius 2 is 1.84 bits per heavy atom. The molecule has 2 aromatic heterocycles. The molecule has 3 aliphatic heterocycles. The van der Waals surface area contributed by atoms with E-state index in [4.69, 9.17) is 15.2 Å². The minimum Gasteiger partial charge on any atom is -0.463 e. The predicted octanol–water partition coefficient (Wildman–Crippen LogP) is 8.31. The second kappa shape index (κ2) is 20.5. The number of aliphatic imine (C=N–C) groups is 1. The number of carbonyl (C=O) groups is 3. The normalized spacial score (nSPS) is 32.6. The fourth-order valence-corrected chi connectivity index (χ4v) is 14.5. The third-order valence-corrected chi connectivity index (χ3v) is 18.2. The van der Waals surface area contributed by atoms with Gasteiger partial charge >= 0.3 is 5.97 Å². The largest absolute Gasteiger partial charge is 0.463 e. The molecule has 0 radical (unpaired) electrons. The highest BCUT2D eigenvalue weighted by Crippen LogP contribution is 2.62. The first-order chi connectivity index (χ1) is 35.3. The number of cyclic esters (lactones) is 1. The lowest BCUT2D eigenvalue weighted by molar-refractivity contribution is -0.150. The van der Waals surface area contributed by atoms with Crippen molar-refractivity contribution in [2.45, 2.75) is 140 Å². The molecule has 7 N–H and O–H groups in total. The molecule has 4 bridgehead atoms. The van der Waals surface area contributed by atoms with E-state index in [2.05, 4.69) is 98.8 Å². The van der Waals surface area contributed by atoms with Gasteiger partial charge in [-0.2, -0.15) is 0 Å². The van der Waals surface area contributed by atoms with Crippen LogP contribution in [-0.4, -0.2) is 91.2 Å². The van der Waals surface area contributed by atoms with E-state index < -0.39 is 33.9 Å². The number of anilines is 2. The van der Waals surface area contributed by atoms with Gasteiger partial charge in [-0.3, -0.25) is 14.6 Å². The minimum absolute atomic E-state index is 0.0152. The lowest BCUT2D eigenvalue weighted by Crippen LogP contribution is -2.58. The number of nitrogen functional groups attached to an aromatic ring is 1. The molecule has 0 amide bonds. The number of aromatic nitrogens is 2. The lowest BCUT2D eigenvalue weighted by atomic mass is 9.59. The van der Waals surface area contributed by atoms with Crippen molar-refractivity contribution in [2.75, 3.05) is 51.5 Å². The van der Waals surface area contributed by atoms with Gasteiger partial charge in [0.2, 0.25) is 5.78 Å². The van der Waals surface area contributed by atoms with Crippen LogP contribution in [0.25, 0.3) is 0 Å². The second-order valence-electron chi connectivity index (χ2n) is 22.6. The number of Topliss-reactive ketones (excluding diaryl/α,β-unsaturated/α-hetero) is 2. The van der Waals surface area contributed by atoms with Gasteiger partial charge in [0.05, 0.1) is 18.8 Å². The van der Waals surface area contributed by atoms with Crippen LogP contribution in [0.3, 0.4) is 0 Å². The summed E-state index contributed by atoms with van der Waals surface area (Å²) in [5, 5.41) is 17.7. The van der Waals surface area contributed by atoms with E-state index in [1.54, 1.807) is 13.1 Å². The van der Waals surface area contributed by atoms with Gasteiger partial charge in [0.15, 0.2) is 17.3 Å². The molecule has 388 valence electrons. The van der Waals surface area contributed by atoms with Gasteiger partial charge < -0.3 is 41.8 Å². The van der Waals surface area contributed by atoms with E-state index in [9.17, 15) is 0 Å². The number of nitrogens with two attached hydrogens (primary N) is 1. The number of benzene rings is 1. The first kappa shape index (κ1) is 50.8.